The third kappa shape index (κ3) is 4.24. The molecule has 4 rings (SSSR count). The van der Waals surface area contributed by atoms with Crippen LogP contribution in [-0.4, -0.2) is 39.9 Å². The Morgan fingerprint density at radius 3 is 2.66 bits per heavy atom. The zero-order chi connectivity index (χ0) is 20.4. The number of fused-ring (bicyclic) bond motifs is 1. The van der Waals surface area contributed by atoms with Gasteiger partial charge in [-0.05, 0) is 25.0 Å². The van der Waals surface area contributed by atoms with Crippen LogP contribution in [0.2, 0.25) is 5.15 Å². The van der Waals surface area contributed by atoms with Gasteiger partial charge in [0.2, 0.25) is 5.91 Å². The van der Waals surface area contributed by atoms with E-state index in [9.17, 15) is 9.59 Å². The molecule has 1 fully saturated rings. The third-order valence-corrected chi connectivity index (χ3v) is 5.55. The number of nitrogens with two attached hydrogens (primary N) is 1. The summed E-state index contributed by atoms with van der Waals surface area (Å²) in [7, 11) is 0. The maximum Gasteiger partial charge on any atom is 0.250 e. The number of halogens is 1. The second-order valence-corrected chi connectivity index (χ2v) is 7.64. The molecule has 2 aromatic heterocycles. The van der Waals surface area contributed by atoms with Crippen molar-refractivity contribution in [1.29, 1.82) is 0 Å². The summed E-state index contributed by atoms with van der Waals surface area (Å²) < 4.78 is 5.04. The number of carbonyl (C=O) groups excluding carboxylic acids is 2. The number of benzene rings is 1. The van der Waals surface area contributed by atoms with E-state index in [1.807, 2.05) is 35.2 Å². The predicted molar refractivity (Wildman–Crippen MR) is 109 cm³/mol. The lowest BCUT2D eigenvalue weighted by molar-refractivity contribution is -0.132. The summed E-state index contributed by atoms with van der Waals surface area (Å²) in [6, 6.07) is 11.1. The van der Waals surface area contributed by atoms with E-state index in [0.29, 0.717) is 42.4 Å². The maximum absolute atomic E-state index is 12.5. The number of aromatic nitrogens is 2. The molecule has 0 unspecified atom stereocenters. The highest BCUT2D eigenvalue weighted by atomic mass is 35.5. The molecule has 0 bridgehead atoms. The number of primary amides is 1. The van der Waals surface area contributed by atoms with Crippen molar-refractivity contribution in [3.63, 3.8) is 0 Å². The number of nitrogens with zero attached hydrogens (tertiary/aromatic N) is 3. The Bertz CT molecular complexity index is 1060. The number of hydrogen-bond donors (Lipinski definition) is 1. The molecule has 8 heteroatoms. The minimum Gasteiger partial charge on any atom is -0.366 e. The van der Waals surface area contributed by atoms with Crippen molar-refractivity contribution in [3.05, 3.63) is 58.6 Å². The number of para-hydroxylation sites is 1. The van der Waals surface area contributed by atoms with Gasteiger partial charge >= 0.3 is 0 Å². The number of aryl methyl sites for hydroxylation is 1. The Kier molecular flexibility index (Phi) is 5.49. The molecule has 7 nitrogen and oxygen atoms in total. The zero-order valence-electron chi connectivity index (χ0n) is 15.8. The number of piperidine rings is 1. The molecule has 1 aromatic carbocycles. The molecular formula is C21H21ClN4O3. The summed E-state index contributed by atoms with van der Waals surface area (Å²) in [6.45, 7) is 1.24. The molecule has 0 saturated carbocycles. The fourth-order valence-corrected chi connectivity index (χ4v) is 3.99. The quantitative estimate of drug-likeness (QED) is 0.692. The minimum absolute atomic E-state index is 0.0672. The molecule has 3 heterocycles. The van der Waals surface area contributed by atoms with Crippen LogP contribution in [0, 0.1) is 0 Å². The molecule has 2 N–H and O–H groups in total. The summed E-state index contributed by atoms with van der Waals surface area (Å²) in [5.41, 5.74) is 7.67. The lowest BCUT2D eigenvalue weighted by atomic mass is 9.89. The third-order valence-electron chi connectivity index (χ3n) is 5.37. The van der Waals surface area contributed by atoms with Crippen LogP contribution in [0.5, 0.6) is 0 Å². The monoisotopic (exact) mass is 412 g/mol. The van der Waals surface area contributed by atoms with E-state index < -0.39 is 5.91 Å². The largest absolute Gasteiger partial charge is 0.366 e. The SMILES string of the molecule is NC(=O)c1cc2ccccc2nc1C1CCN(C(=O)CCc2cc(Cl)no2)CC1. The summed E-state index contributed by atoms with van der Waals surface area (Å²) in [5, 5.41) is 4.80. The van der Waals surface area contributed by atoms with Crippen molar-refractivity contribution in [3.8, 4) is 0 Å². The first-order chi connectivity index (χ1) is 14.0. The molecule has 1 aliphatic rings. The zero-order valence-corrected chi connectivity index (χ0v) is 16.6. The Labute approximate surface area is 172 Å². The summed E-state index contributed by atoms with van der Waals surface area (Å²) >= 11 is 5.73. The number of rotatable bonds is 5. The van der Waals surface area contributed by atoms with Crippen LogP contribution in [0.25, 0.3) is 10.9 Å². The Hall–Kier alpha value is -2.93. The first-order valence-electron chi connectivity index (χ1n) is 9.59. The van der Waals surface area contributed by atoms with Gasteiger partial charge in [0.1, 0.15) is 5.76 Å². The second kappa shape index (κ2) is 8.21. The summed E-state index contributed by atoms with van der Waals surface area (Å²) in [5.74, 6) is 0.295. The second-order valence-electron chi connectivity index (χ2n) is 7.25. The first-order valence-corrected chi connectivity index (χ1v) is 9.97. The number of amides is 2. The smallest absolute Gasteiger partial charge is 0.250 e. The van der Waals surface area contributed by atoms with E-state index in [-0.39, 0.29) is 11.8 Å². The highest BCUT2D eigenvalue weighted by Crippen LogP contribution is 2.31. The van der Waals surface area contributed by atoms with Crippen molar-refractivity contribution in [2.24, 2.45) is 5.73 Å². The Morgan fingerprint density at radius 2 is 1.97 bits per heavy atom. The van der Waals surface area contributed by atoms with Crippen LogP contribution < -0.4 is 5.73 Å². The predicted octanol–water partition coefficient (Wildman–Crippen LogP) is 3.31. The molecule has 150 valence electrons. The van der Waals surface area contributed by atoms with Gasteiger partial charge in [-0.1, -0.05) is 35.0 Å². The first kappa shape index (κ1) is 19.4. The number of likely N-dealkylation sites (tertiary alicyclic amines) is 1. The Morgan fingerprint density at radius 1 is 1.21 bits per heavy atom. The summed E-state index contributed by atoms with van der Waals surface area (Å²) in [4.78, 5) is 31.1. The average Bonchev–Trinajstić information content (AvgIpc) is 3.16. The molecule has 0 aliphatic carbocycles. The van der Waals surface area contributed by atoms with E-state index in [0.717, 1.165) is 29.4 Å². The molecule has 0 spiro atoms. The molecule has 3 aromatic rings. The van der Waals surface area contributed by atoms with E-state index in [1.54, 1.807) is 6.07 Å². The molecule has 1 aliphatic heterocycles. The van der Waals surface area contributed by atoms with Gasteiger partial charge in [-0.2, -0.15) is 0 Å². The topological polar surface area (TPSA) is 102 Å². The van der Waals surface area contributed by atoms with Gasteiger partial charge in [-0.15, -0.1) is 0 Å². The van der Waals surface area contributed by atoms with Gasteiger partial charge in [0.15, 0.2) is 5.15 Å². The van der Waals surface area contributed by atoms with E-state index in [2.05, 4.69) is 5.16 Å². The normalized spacial score (nSPS) is 15.0. The van der Waals surface area contributed by atoms with Gasteiger partial charge in [0, 0.05) is 43.3 Å². The minimum atomic E-state index is -0.470. The fourth-order valence-electron chi connectivity index (χ4n) is 3.84. The van der Waals surface area contributed by atoms with Crippen LogP contribution >= 0.6 is 11.6 Å². The molecule has 0 atom stereocenters. The van der Waals surface area contributed by atoms with Gasteiger partial charge < -0.3 is 15.2 Å². The molecular weight excluding hydrogens is 392 g/mol. The van der Waals surface area contributed by atoms with Gasteiger partial charge in [0.05, 0.1) is 16.8 Å². The molecule has 29 heavy (non-hydrogen) atoms. The highest BCUT2D eigenvalue weighted by Gasteiger charge is 2.27. The number of pyridine rings is 1. The van der Waals surface area contributed by atoms with E-state index >= 15 is 0 Å². The highest BCUT2D eigenvalue weighted by molar-refractivity contribution is 6.29. The molecule has 2 amide bonds. The van der Waals surface area contributed by atoms with E-state index in [1.165, 1.54) is 0 Å². The van der Waals surface area contributed by atoms with Crippen LogP contribution in [0.4, 0.5) is 0 Å². The van der Waals surface area contributed by atoms with Crippen molar-refractivity contribution in [2.45, 2.75) is 31.6 Å². The number of hydrogen-bond acceptors (Lipinski definition) is 5. The van der Waals surface area contributed by atoms with Gasteiger partial charge in [-0.25, -0.2) is 0 Å². The van der Waals surface area contributed by atoms with Gasteiger partial charge in [0.25, 0.3) is 5.91 Å². The van der Waals surface area contributed by atoms with Crippen LogP contribution in [-0.2, 0) is 11.2 Å². The average molecular weight is 413 g/mol. The van der Waals surface area contributed by atoms with Gasteiger partial charge in [-0.3, -0.25) is 14.6 Å². The van der Waals surface area contributed by atoms with Crippen molar-refractivity contribution >= 4 is 34.3 Å². The lowest BCUT2D eigenvalue weighted by Gasteiger charge is -2.32. The Balaban J connectivity index is 1.43. The van der Waals surface area contributed by atoms with Crippen molar-refractivity contribution < 1.29 is 14.1 Å². The molecule has 1 saturated heterocycles. The van der Waals surface area contributed by atoms with Crippen LogP contribution in [0.3, 0.4) is 0 Å². The maximum atomic E-state index is 12.5. The van der Waals surface area contributed by atoms with Crippen molar-refractivity contribution in [2.75, 3.05) is 13.1 Å². The van der Waals surface area contributed by atoms with Crippen LogP contribution in [0.1, 0.15) is 47.0 Å². The van der Waals surface area contributed by atoms with Crippen molar-refractivity contribution in [1.82, 2.24) is 15.0 Å². The van der Waals surface area contributed by atoms with Crippen LogP contribution in [0.15, 0.2) is 40.9 Å². The lowest BCUT2D eigenvalue weighted by Crippen LogP contribution is -2.38. The summed E-state index contributed by atoms with van der Waals surface area (Å²) in [6.07, 6.45) is 2.30. The van der Waals surface area contributed by atoms with E-state index in [4.69, 9.17) is 26.8 Å². The number of carbonyl (C=O) groups is 2. The standard InChI is InChI=1S/C21H21ClN4O3/c22-18-12-15(29-25-18)5-6-19(27)26-9-7-13(8-10-26)20-16(21(23)28)11-14-3-1-2-4-17(14)24-20/h1-4,11-13H,5-10H2,(H2,23,28). The molecule has 0 radical (unpaired) electrons. The fraction of sp³-hybridized carbons (Fsp3) is 0.333.